The van der Waals surface area contributed by atoms with Crippen molar-refractivity contribution in [3.05, 3.63) is 41.6 Å². The number of H-pyrrole nitrogens is 1. The Kier molecular flexibility index (Phi) is 4.04. The number of nitrogens with zero attached hydrogens (tertiary/aromatic N) is 2. The van der Waals surface area contributed by atoms with Crippen molar-refractivity contribution in [1.29, 1.82) is 0 Å². The molecular weight excluding hydrogens is 292 g/mol. The summed E-state index contributed by atoms with van der Waals surface area (Å²) >= 11 is 0. The van der Waals surface area contributed by atoms with E-state index < -0.39 is 12.1 Å². The standard InChI is InChI=1S/C17H18N4O2/c1-11(22)5-6-12-3-2-4-14(9-12)21(17(18)23)16-10-15(19-20-16)13-7-8-13/h2-4,9-11,13,22H,7-8H2,1H3,(H2,18,23)(H,19,20). The number of carbonyl (C=O) groups excluding carboxylic acids is 1. The van der Waals surface area contributed by atoms with Gasteiger partial charge in [0.2, 0.25) is 0 Å². The Hall–Kier alpha value is -2.78. The molecule has 0 bridgehead atoms. The first-order valence-electron chi connectivity index (χ1n) is 7.49. The Morgan fingerprint density at radius 1 is 1.48 bits per heavy atom. The highest BCUT2D eigenvalue weighted by Gasteiger charge is 2.28. The zero-order valence-corrected chi connectivity index (χ0v) is 12.8. The molecule has 0 radical (unpaired) electrons. The van der Waals surface area contributed by atoms with Gasteiger partial charge in [0, 0.05) is 17.5 Å². The zero-order valence-electron chi connectivity index (χ0n) is 12.8. The number of nitrogens with two attached hydrogens (primary N) is 1. The van der Waals surface area contributed by atoms with E-state index in [0.29, 0.717) is 23.0 Å². The zero-order chi connectivity index (χ0) is 16.4. The van der Waals surface area contributed by atoms with E-state index in [9.17, 15) is 9.90 Å². The summed E-state index contributed by atoms with van der Waals surface area (Å²) in [7, 11) is 0. The molecule has 2 aromatic rings. The second kappa shape index (κ2) is 6.15. The lowest BCUT2D eigenvalue weighted by Gasteiger charge is -2.18. The monoisotopic (exact) mass is 310 g/mol. The molecule has 1 aromatic carbocycles. The Labute approximate surface area is 134 Å². The average Bonchev–Trinajstić information content (AvgIpc) is 3.25. The highest BCUT2D eigenvalue weighted by Crippen LogP contribution is 2.40. The van der Waals surface area contributed by atoms with Gasteiger partial charge in [-0.3, -0.25) is 5.10 Å². The van der Waals surface area contributed by atoms with Crippen molar-refractivity contribution < 1.29 is 9.90 Å². The predicted molar refractivity (Wildman–Crippen MR) is 87.3 cm³/mol. The van der Waals surface area contributed by atoms with Crippen LogP contribution in [0.4, 0.5) is 16.3 Å². The molecule has 0 spiro atoms. The summed E-state index contributed by atoms with van der Waals surface area (Å²) in [6, 6.07) is 8.37. The minimum absolute atomic E-state index is 0.484. The maximum Gasteiger partial charge on any atom is 0.325 e. The van der Waals surface area contributed by atoms with Crippen molar-refractivity contribution in [3.63, 3.8) is 0 Å². The van der Waals surface area contributed by atoms with E-state index in [4.69, 9.17) is 5.73 Å². The summed E-state index contributed by atoms with van der Waals surface area (Å²) in [6.07, 6.45) is 1.55. The Balaban J connectivity index is 1.93. The number of aromatic nitrogens is 2. The molecule has 118 valence electrons. The van der Waals surface area contributed by atoms with Gasteiger partial charge in [-0.05, 0) is 38.0 Å². The number of aromatic amines is 1. The fourth-order valence-corrected chi connectivity index (χ4v) is 2.32. The molecule has 1 aliphatic carbocycles. The van der Waals surface area contributed by atoms with Crippen LogP contribution in [0.15, 0.2) is 30.3 Å². The maximum absolute atomic E-state index is 11.9. The van der Waals surface area contributed by atoms with Crippen LogP contribution in [0.1, 0.15) is 36.9 Å². The first-order chi connectivity index (χ1) is 11.0. The molecule has 3 rings (SSSR count). The van der Waals surface area contributed by atoms with Crippen LogP contribution in [0.5, 0.6) is 0 Å². The Bertz CT molecular complexity index is 781. The number of primary amides is 1. The van der Waals surface area contributed by atoms with E-state index in [-0.39, 0.29) is 0 Å². The molecule has 1 saturated carbocycles. The van der Waals surface area contributed by atoms with E-state index >= 15 is 0 Å². The first kappa shape index (κ1) is 15.1. The molecule has 1 atom stereocenters. The highest BCUT2D eigenvalue weighted by molar-refractivity contribution is 5.97. The number of urea groups is 1. The summed E-state index contributed by atoms with van der Waals surface area (Å²) in [5.74, 6) is 6.56. The van der Waals surface area contributed by atoms with Gasteiger partial charge >= 0.3 is 6.03 Å². The van der Waals surface area contributed by atoms with Crippen molar-refractivity contribution in [3.8, 4) is 11.8 Å². The fraction of sp³-hybridized carbons (Fsp3) is 0.294. The van der Waals surface area contributed by atoms with Crippen LogP contribution in [0.25, 0.3) is 0 Å². The number of rotatable bonds is 3. The van der Waals surface area contributed by atoms with Gasteiger partial charge in [-0.1, -0.05) is 17.9 Å². The average molecular weight is 310 g/mol. The van der Waals surface area contributed by atoms with Crippen molar-refractivity contribution >= 4 is 17.5 Å². The summed E-state index contributed by atoms with van der Waals surface area (Å²) in [4.78, 5) is 13.3. The van der Waals surface area contributed by atoms with Gasteiger partial charge in [0.15, 0.2) is 0 Å². The summed E-state index contributed by atoms with van der Waals surface area (Å²) in [5.41, 5.74) is 7.78. The fourth-order valence-electron chi connectivity index (χ4n) is 2.32. The third-order valence-corrected chi connectivity index (χ3v) is 3.57. The number of hydrogen-bond acceptors (Lipinski definition) is 3. The number of amides is 2. The number of aliphatic hydroxyl groups excluding tert-OH is 1. The molecule has 0 saturated heterocycles. The van der Waals surface area contributed by atoms with Gasteiger partial charge in [-0.2, -0.15) is 5.10 Å². The lowest BCUT2D eigenvalue weighted by molar-refractivity contribution is 0.253. The molecule has 23 heavy (non-hydrogen) atoms. The van der Waals surface area contributed by atoms with E-state index in [0.717, 1.165) is 18.5 Å². The summed E-state index contributed by atoms with van der Waals surface area (Å²) in [5, 5.41) is 16.4. The normalized spacial score (nSPS) is 14.7. The minimum atomic E-state index is -0.709. The number of aliphatic hydroxyl groups is 1. The molecular formula is C17H18N4O2. The van der Waals surface area contributed by atoms with Crippen molar-refractivity contribution in [2.24, 2.45) is 5.73 Å². The van der Waals surface area contributed by atoms with E-state index in [1.54, 1.807) is 31.2 Å². The summed E-state index contributed by atoms with van der Waals surface area (Å²) in [6.45, 7) is 1.59. The third-order valence-electron chi connectivity index (χ3n) is 3.57. The van der Waals surface area contributed by atoms with Crippen LogP contribution in [-0.4, -0.2) is 27.4 Å². The lowest BCUT2D eigenvalue weighted by atomic mass is 10.2. The number of nitrogens with one attached hydrogen (secondary N) is 1. The molecule has 1 fully saturated rings. The molecule has 1 unspecified atom stereocenters. The number of carbonyl (C=O) groups is 1. The van der Waals surface area contributed by atoms with Gasteiger partial charge in [-0.15, -0.1) is 0 Å². The second-order valence-electron chi connectivity index (χ2n) is 5.62. The smallest absolute Gasteiger partial charge is 0.325 e. The van der Waals surface area contributed by atoms with Crippen molar-refractivity contribution in [2.45, 2.75) is 31.8 Å². The van der Waals surface area contributed by atoms with Gasteiger partial charge in [0.05, 0.1) is 11.4 Å². The van der Waals surface area contributed by atoms with E-state index in [2.05, 4.69) is 22.0 Å². The number of hydrogen-bond donors (Lipinski definition) is 3. The van der Waals surface area contributed by atoms with Crippen LogP contribution in [0.2, 0.25) is 0 Å². The summed E-state index contributed by atoms with van der Waals surface area (Å²) < 4.78 is 0. The first-order valence-corrected chi connectivity index (χ1v) is 7.49. The highest BCUT2D eigenvalue weighted by atomic mass is 16.3. The van der Waals surface area contributed by atoms with Crippen LogP contribution in [0, 0.1) is 11.8 Å². The number of anilines is 2. The number of benzene rings is 1. The second-order valence-corrected chi connectivity index (χ2v) is 5.62. The SMILES string of the molecule is CC(O)C#Cc1cccc(N(C(N)=O)c2cc(C3CC3)n[nH]2)c1. The molecule has 0 aliphatic heterocycles. The van der Waals surface area contributed by atoms with Gasteiger partial charge in [-0.25, -0.2) is 9.69 Å². The molecule has 2 amide bonds. The van der Waals surface area contributed by atoms with Crippen LogP contribution in [0.3, 0.4) is 0 Å². The molecule has 1 aliphatic rings. The van der Waals surface area contributed by atoms with Gasteiger partial charge < -0.3 is 10.8 Å². The Morgan fingerprint density at radius 3 is 2.91 bits per heavy atom. The largest absolute Gasteiger partial charge is 0.381 e. The quantitative estimate of drug-likeness (QED) is 0.759. The topological polar surface area (TPSA) is 95.2 Å². The van der Waals surface area contributed by atoms with E-state index in [1.807, 2.05) is 6.07 Å². The van der Waals surface area contributed by atoms with Gasteiger partial charge in [0.25, 0.3) is 0 Å². The van der Waals surface area contributed by atoms with Crippen LogP contribution < -0.4 is 10.6 Å². The molecule has 1 heterocycles. The Morgan fingerprint density at radius 2 is 2.26 bits per heavy atom. The molecule has 1 aromatic heterocycles. The molecule has 6 nitrogen and oxygen atoms in total. The molecule has 6 heteroatoms. The van der Waals surface area contributed by atoms with Crippen LogP contribution in [-0.2, 0) is 0 Å². The minimum Gasteiger partial charge on any atom is -0.381 e. The lowest BCUT2D eigenvalue weighted by Crippen LogP contribution is -2.31. The maximum atomic E-state index is 11.9. The van der Waals surface area contributed by atoms with Crippen molar-refractivity contribution in [1.82, 2.24) is 10.2 Å². The van der Waals surface area contributed by atoms with Crippen molar-refractivity contribution in [2.75, 3.05) is 4.90 Å². The predicted octanol–water partition coefficient (Wildman–Crippen LogP) is 2.24. The van der Waals surface area contributed by atoms with Gasteiger partial charge in [0.1, 0.15) is 11.9 Å². The van der Waals surface area contributed by atoms with E-state index in [1.165, 1.54) is 4.90 Å². The third kappa shape index (κ3) is 3.52. The molecule has 4 N–H and O–H groups in total. The van der Waals surface area contributed by atoms with Crippen LogP contribution >= 0.6 is 0 Å².